The number of nitrogens with two attached hydrogens (primary N) is 1. The third-order valence-electron chi connectivity index (χ3n) is 1.83. The Bertz CT molecular complexity index is 158. The van der Waals surface area contributed by atoms with Gasteiger partial charge in [-0.15, -0.1) is 0 Å². The molecule has 2 amide bonds. The van der Waals surface area contributed by atoms with E-state index in [0.717, 1.165) is 6.54 Å². The highest BCUT2D eigenvalue weighted by atomic mass is 16.2. The first-order chi connectivity index (χ1) is 5.11. The van der Waals surface area contributed by atoms with E-state index < -0.39 is 0 Å². The van der Waals surface area contributed by atoms with E-state index in [1.165, 1.54) is 0 Å². The van der Waals surface area contributed by atoms with Crippen molar-refractivity contribution in [3.8, 4) is 0 Å². The highest BCUT2D eigenvalue weighted by Crippen LogP contribution is 2.05. The zero-order chi connectivity index (χ0) is 8.43. The molecule has 4 heteroatoms. The summed E-state index contributed by atoms with van der Waals surface area (Å²) < 4.78 is 0. The molecular weight excluding hydrogens is 142 g/mol. The third-order valence-corrected chi connectivity index (χ3v) is 1.83. The molecule has 1 fully saturated rings. The van der Waals surface area contributed by atoms with E-state index >= 15 is 0 Å². The van der Waals surface area contributed by atoms with Gasteiger partial charge in [0.05, 0.1) is 0 Å². The van der Waals surface area contributed by atoms with Gasteiger partial charge in [0.1, 0.15) is 0 Å². The van der Waals surface area contributed by atoms with Crippen molar-refractivity contribution in [2.45, 2.75) is 25.9 Å². The van der Waals surface area contributed by atoms with Gasteiger partial charge in [0.25, 0.3) is 0 Å². The van der Waals surface area contributed by atoms with E-state index in [0.29, 0.717) is 6.54 Å². The van der Waals surface area contributed by atoms with Crippen LogP contribution < -0.4 is 11.1 Å². The minimum atomic E-state index is 0.00907. The van der Waals surface area contributed by atoms with Gasteiger partial charge in [0, 0.05) is 25.2 Å². The molecule has 1 saturated heterocycles. The first-order valence-electron chi connectivity index (χ1n) is 3.91. The lowest BCUT2D eigenvalue weighted by Gasteiger charge is -2.21. The molecule has 0 spiro atoms. The molecule has 0 aromatic carbocycles. The largest absolute Gasteiger partial charge is 0.336 e. The molecule has 64 valence electrons. The fraction of sp³-hybridized carbons (Fsp3) is 0.857. The number of carbonyl (C=O) groups is 1. The van der Waals surface area contributed by atoms with E-state index in [4.69, 9.17) is 5.73 Å². The molecule has 0 aliphatic carbocycles. The van der Waals surface area contributed by atoms with E-state index in [1.54, 1.807) is 4.90 Å². The van der Waals surface area contributed by atoms with Crippen molar-refractivity contribution < 1.29 is 4.79 Å². The highest BCUT2D eigenvalue weighted by Gasteiger charge is 2.26. The Balaban J connectivity index is 2.48. The number of hydrogen-bond acceptors (Lipinski definition) is 2. The maximum atomic E-state index is 11.1. The maximum Gasteiger partial charge on any atom is 0.317 e. The number of carbonyl (C=O) groups excluding carboxylic acids is 1. The molecule has 2 unspecified atom stereocenters. The number of nitrogens with one attached hydrogen (secondary N) is 1. The van der Waals surface area contributed by atoms with Gasteiger partial charge in [0.2, 0.25) is 0 Å². The molecule has 0 radical (unpaired) electrons. The average Bonchev–Trinajstić information content (AvgIpc) is 2.18. The number of urea groups is 1. The number of rotatable bonds is 2. The van der Waals surface area contributed by atoms with Crippen molar-refractivity contribution in [1.29, 1.82) is 0 Å². The molecule has 0 aromatic heterocycles. The summed E-state index contributed by atoms with van der Waals surface area (Å²) in [6.07, 6.45) is 0. The molecule has 1 rings (SSSR count). The molecule has 1 aliphatic rings. The Morgan fingerprint density at radius 3 is 2.91 bits per heavy atom. The van der Waals surface area contributed by atoms with Crippen LogP contribution in [-0.2, 0) is 0 Å². The molecule has 0 aromatic rings. The van der Waals surface area contributed by atoms with Gasteiger partial charge < -0.3 is 16.0 Å². The van der Waals surface area contributed by atoms with Crippen molar-refractivity contribution in [2.75, 3.05) is 13.1 Å². The Kier molecular flexibility index (Phi) is 2.34. The molecule has 0 bridgehead atoms. The van der Waals surface area contributed by atoms with Gasteiger partial charge in [-0.25, -0.2) is 4.79 Å². The van der Waals surface area contributed by atoms with E-state index in [-0.39, 0.29) is 18.1 Å². The van der Waals surface area contributed by atoms with Crippen LogP contribution in [0.25, 0.3) is 0 Å². The Morgan fingerprint density at radius 1 is 1.91 bits per heavy atom. The second-order valence-corrected chi connectivity index (χ2v) is 3.16. The maximum absolute atomic E-state index is 11.1. The van der Waals surface area contributed by atoms with Crippen LogP contribution in [0.1, 0.15) is 13.8 Å². The van der Waals surface area contributed by atoms with Gasteiger partial charge in [-0.05, 0) is 13.8 Å². The van der Waals surface area contributed by atoms with Crippen LogP contribution in [0, 0.1) is 0 Å². The monoisotopic (exact) mass is 157 g/mol. The number of hydrogen-bond donors (Lipinski definition) is 2. The van der Waals surface area contributed by atoms with Crippen molar-refractivity contribution in [3.05, 3.63) is 0 Å². The fourth-order valence-corrected chi connectivity index (χ4v) is 1.22. The van der Waals surface area contributed by atoms with E-state index in [1.807, 2.05) is 13.8 Å². The molecule has 1 heterocycles. The summed E-state index contributed by atoms with van der Waals surface area (Å²) in [5.41, 5.74) is 5.58. The highest BCUT2D eigenvalue weighted by molar-refractivity contribution is 5.76. The van der Waals surface area contributed by atoms with Crippen LogP contribution in [0.5, 0.6) is 0 Å². The molecule has 1 aliphatic heterocycles. The standard InChI is InChI=1S/C7H15N3O/c1-5(8)4-10-6(2)3-9-7(10)11/h5-6H,3-4,8H2,1-2H3,(H,9,11). The van der Waals surface area contributed by atoms with E-state index in [2.05, 4.69) is 5.32 Å². The van der Waals surface area contributed by atoms with Gasteiger partial charge >= 0.3 is 6.03 Å². The van der Waals surface area contributed by atoms with Crippen LogP contribution in [0.3, 0.4) is 0 Å². The Labute approximate surface area is 66.7 Å². The van der Waals surface area contributed by atoms with Crippen LogP contribution in [-0.4, -0.2) is 36.1 Å². The quantitative estimate of drug-likeness (QED) is 0.580. The Morgan fingerprint density at radius 2 is 2.55 bits per heavy atom. The second-order valence-electron chi connectivity index (χ2n) is 3.16. The zero-order valence-electron chi connectivity index (χ0n) is 7.00. The summed E-state index contributed by atoms with van der Waals surface area (Å²) in [6.45, 7) is 5.30. The minimum absolute atomic E-state index is 0.00907. The lowest BCUT2D eigenvalue weighted by atomic mass is 10.3. The second kappa shape index (κ2) is 3.09. The van der Waals surface area contributed by atoms with Crippen LogP contribution in [0.4, 0.5) is 4.79 Å². The number of nitrogens with zero attached hydrogens (tertiary/aromatic N) is 1. The lowest BCUT2D eigenvalue weighted by molar-refractivity contribution is 0.204. The topological polar surface area (TPSA) is 58.4 Å². The molecule has 2 atom stereocenters. The summed E-state index contributed by atoms with van der Waals surface area (Å²) in [4.78, 5) is 12.8. The first-order valence-corrected chi connectivity index (χ1v) is 3.91. The van der Waals surface area contributed by atoms with Crippen LogP contribution in [0.2, 0.25) is 0 Å². The van der Waals surface area contributed by atoms with Gasteiger partial charge in [-0.3, -0.25) is 0 Å². The van der Waals surface area contributed by atoms with Gasteiger partial charge in [-0.1, -0.05) is 0 Å². The molecule has 0 saturated carbocycles. The SMILES string of the molecule is CC(N)CN1C(=O)NCC1C. The summed E-state index contributed by atoms with van der Waals surface area (Å²) in [5.74, 6) is 0. The normalized spacial score (nSPS) is 27.0. The first kappa shape index (κ1) is 8.33. The van der Waals surface area contributed by atoms with Crippen molar-refractivity contribution in [1.82, 2.24) is 10.2 Å². The fourth-order valence-electron chi connectivity index (χ4n) is 1.22. The third kappa shape index (κ3) is 1.83. The molecular formula is C7H15N3O. The predicted molar refractivity (Wildman–Crippen MR) is 43.2 cm³/mol. The summed E-state index contributed by atoms with van der Waals surface area (Å²) in [6, 6.07) is 0.351. The summed E-state index contributed by atoms with van der Waals surface area (Å²) >= 11 is 0. The average molecular weight is 157 g/mol. The summed E-state index contributed by atoms with van der Waals surface area (Å²) in [5, 5.41) is 2.76. The summed E-state index contributed by atoms with van der Waals surface area (Å²) in [7, 11) is 0. The molecule has 11 heavy (non-hydrogen) atoms. The molecule has 4 nitrogen and oxygen atoms in total. The molecule has 3 N–H and O–H groups in total. The van der Waals surface area contributed by atoms with Crippen LogP contribution in [0.15, 0.2) is 0 Å². The Hall–Kier alpha value is -0.770. The number of amides is 2. The van der Waals surface area contributed by atoms with Crippen molar-refractivity contribution >= 4 is 6.03 Å². The van der Waals surface area contributed by atoms with Crippen molar-refractivity contribution in [2.24, 2.45) is 5.73 Å². The minimum Gasteiger partial charge on any atom is -0.336 e. The van der Waals surface area contributed by atoms with Crippen molar-refractivity contribution in [3.63, 3.8) is 0 Å². The lowest BCUT2D eigenvalue weighted by Crippen LogP contribution is -2.40. The predicted octanol–water partition coefficient (Wildman–Crippen LogP) is -0.253. The van der Waals surface area contributed by atoms with Gasteiger partial charge in [-0.2, -0.15) is 0 Å². The van der Waals surface area contributed by atoms with E-state index in [9.17, 15) is 4.79 Å². The smallest absolute Gasteiger partial charge is 0.317 e. The van der Waals surface area contributed by atoms with Gasteiger partial charge in [0.15, 0.2) is 0 Å². The zero-order valence-corrected chi connectivity index (χ0v) is 7.00. The van der Waals surface area contributed by atoms with Crippen LogP contribution >= 0.6 is 0 Å².